The smallest absolute Gasteiger partial charge is 0.167 e. The lowest BCUT2D eigenvalue weighted by Crippen LogP contribution is -2.36. The molecule has 0 aliphatic carbocycles. The zero-order chi connectivity index (χ0) is 14.2. The van der Waals surface area contributed by atoms with Crippen molar-refractivity contribution in [3.63, 3.8) is 0 Å². The second-order valence-electron chi connectivity index (χ2n) is 5.93. The molecule has 1 fully saturated rings. The number of carbonyl (C=O) groups excluding carboxylic acids is 1. The van der Waals surface area contributed by atoms with Crippen LogP contribution in [-0.4, -0.2) is 30.3 Å². The molecule has 0 aromatic heterocycles. The predicted molar refractivity (Wildman–Crippen MR) is 84.1 cm³/mol. The van der Waals surface area contributed by atoms with Crippen molar-refractivity contribution in [2.24, 2.45) is 5.92 Å². The van der Waals surface area contributed by atoms with E-state index in [1.807, 2.05) is 30.3 Å². The fourth-order valence-corrected chi connectivity index (χ4v) is 3.05. The van der Waals surface area contributed by atoms with Gasteiger partial charge in [0, 0.05) is 18.0 Å². The van der Waals surface area contributed by atoms with Crippen molar-refractivity contribution in [1.82, 2.24) is 4.90 Å². The van der Waals surface area contributed by atoms with E-state index in [4.69, 9.17) is 0 Å². The normalized spacial score (nSPS) is 17.9. The molecule has 0 N–H and O–H groups in total. The number of nitrogens with zero attached hydrogens (tertiary/aromatic N) is 1. The Morgan fingerprint density at radius 1 is 1.15 bits per heavy atom. The molecule has 0 saturated carbocycles. The lowest BCUT2D eigenvalue weighted by Gasteiger charge is -2.30. The second kappa shape index (κ2) is 8.21. The molecule has 0 unspecified atom stereocenters. The van der Waals surface area contributed by atoms with E-state index in [1.54, 1.807) is 0 Å². The number of Topliss-reactive ketones (excluding diaryl/α,β-unsaturated/α-hetero) is 1. The van der Waals surface area contributed by atoms with Crippen molar-refractivity contribution in [2.75, 3.05) is 19.6 Å². The Kier molecular flexibility index (Phi) is 6.25. The van der Waals surface area contributed by atoms with Gasteiger partial charge in [0.1, 0.15) is 0 Å². The average Bonchev–Trinajstić information content (AvgIpc) is 2.52. The van der Waals surface area contributed by atoms with Crippen LogP contribution in [0.5, 0.6) is 0 Å². The zero-order valence-electron chi connectivity index (χ0n) is 12.7. The van der Waals surface area contributed by atoms with Gasteiger partial charge in [0.15, 0.2) is 5.78 Å². The standard InChI is InChI=1S/C18H27NO/c1-2-3-10-17(15-19-13-8-5-9-14-19)18(20)16-11-6-4-7-12-16/h4,6-7,11-12,17H,2-3,5,8-10,13-15H2,1H3/t17-/m0/s1. The molecule has 1 aliphatic rings. The van der Waals surface area contributed by atoms with Crippen molar-refractivity contribution in [3.8, 4) is 0 Å². The highest BCUT2D eigenvalue weighted by atomic mass is 16.1. The summed E-state index contributed by atoms with van der Waals surface area (Å²) in [6.45, 7) is 5.49. The minimum Gasteiger partial charge on any atom is -0.303 e. The van der Waals surface area contributed by atoms with E-state index in [-0.39, 0.29) is 5.92 Å². The van der Waals surface area contributed by atoms with Gasteiger partial charge in [-0.25, -0.2) is 0 Å². The maximum Gasteiger partial charge on any atom is 0.167 e. The van der Waals surface area contributed by atoms with Crippen LogP contribution < -0.4 is 0 Å². The van der Waals surface area contributed by atoms with Crippen LogP contribution in [0, 0.1) is 5.92 Å². The second-order valence-corrected chi connectivity index (χ2v) is 5.93. The van der Waals surface area contributed by atoms with Crippen LogP contribution in [0.25, 0.3) is 0 Å². The Bertz CT molecular complexity index is 395. The van der Waals surface area contributed by atoms with Gasteiger partial charge in [-0.05, 0) is 32.4 Å². The molecule has 1 heterocycles. The molecule has 110 valence electrons. The first-order valence-electron chi connectivity index (χ1n) is 8.13. The molecule has 0 bridgehead atoms. The summed E-state index contributed by atoms with van der Waals surface area (Å²) in [6, 6.07) is 9.81. The summed E-state index contributed by atoms with van der Waals surface area (Å²) in [6.07, 6.45) is 7.28. The molecule has 20 heavy (non-hydrogen) atoms. The minimum absolute atomic E-state index is 0.176. The monoisotopic (exact) mass is 273 g/mol. The molecule has 2 heteroatoms. The molecule has 2 rings (SSSR count). The molecule has 0 spiro atoms. The summed E-state index contributed by atoms with van der Waals surface area (Å²) in [5.41, 5.74) is 0.880. The lowest BCUT2D eigenvalue weighted by atomic mass is 9.91. The largest absolute Gasteiger partial charge is 0.303 e. The van der Waals surface area contributed by atoms with Crippen LogP contribution in [0.2, 0.25) is 0 Å². The van der Waals surface area contributed by atoms with E-state index < -0.39 is 0 Å². The van der Waals surface area contributed by atoms with Crippen LogP contribution in [0.15, 0.2) is 30.3 Å². The van der Waals surface area contributed by atoms with Crippen molar-refractivity contribution < 1.29 is 4.79 Å². The molecule has 1 atom stereocenters. The first-order chi connectivity index (χ1) is 9.81. The Hall–Kier alpha value is -1.15. The third-order valence-corrected chi connectivity index (χ3v) is 4.26. The number of rotatable bonds is 7. The molecule has 1 aliphatic heterocycles. The van der Waals surface area contributed by atoms with Gasteiger partial charge in [-0.1, -0.05) is 56.5 Å². The fourth-order valence-electron chi connectivity index (χ4n) is 3.05. The van der Waals surface area contributed by atoms with E-state index in [9.17, 15) is 4.79 Å². The van der Waals surface area contributed by atoms with Crippen molar-refractivity contribution >= 4 is 5.78 Å². The van der Waals surface area contributed by atoms with Crippen molar-refractivity contribution in [2.45, 2.75) is 45.4 Å². The average molecular weight is 273 g/mol. The molecule has 2 nitrogen and oxygen atoms in total. The third-order valence-electron chi connectivity index (χ3n) is 4.26. The lowest BCUT2D eigenvalue weighted by molar-refractivity contribution is 0.0856. The fraction of sp³-hybridized carbons (Fsp3) is 0.611. The van der Waals surface area contributed by atoms with E-state index in [0.717, 1.165) is 24.9 Å². The number of benzene rings is 1. The summed E-state index contributed by atoms with van der Waals surface area (Å²) in [7, 11) is 0. The predicted octanol–water partition coefficient (Wildman–Crippen LogP) is 4.16. The first-order valence-corrected chi connectivity index (χ1v) is 8.13. The van der Waals surface area contributed by atoms with E-state index >= 15 is 0 Å². The molecule has 0 radical (unpaired) electrons. The van der Waals surface area contributed by atoms with Gasteiger partial charge in [0.25, 0.3) is 0 Å². The third kappa shape index (κ3) is 4.45. The molecular weight excluding hydrogens is 246 g/mol. The summed E-state index contributed by atoms with van der Waals surface area (Å²) in [5.74, 6) is 0.514. The molecule has 1 saturated heterocycles. The highest BCUT2D eigenvalue weighted by Crippen LogP contribution is 2.19. The van der Waals surface area contributed by atoms with E-state index in [1.165, 1.54) is 38.8 Å². The minimum atomic E-state index is 0.176. The summed E-state index contributed by atoms with van der Waals surface area (Å²) in [4.78, 5) is 15.2. The van der Waals surface area contributed by atoms with Crippen LogP contribution in [0.4, 0.5) is 0 Å². The van der Waals surface area contributed by atoms with Gasteiger partial charge in [-0.3, -0.25) is 4.79 Å². The molecule has 1 aromatic carbocycles. The SMILES string of the molecule is CCCC[C@@H](CN1CCCCC1)C(=O)c1ccccc1. The van der Waals surface area contributed by atoms with Crippen molar-refractivity contribution in [1.29, 1.82) is 0 Å². The molecular formula is C18H27NO. The van der Waals surface area contributed by atoms with E-state index in [2.05, 4.69) is 11.8 Å². The van der Waals surface area contributed by atoms with Gasteiger partial charge in [-0.2, -0.15) is 0 Å². The molecule has 1 aromatic rings. The maximum absolute atomic E-state index is 12.7. The van der Waals surface area contributed by atoms with E-state index in [0.29, 0.717) is 5.78 Å². The van der Waals surface area contributed by atoms with Gasteiger partial charge in [-0.15, -0.1) is 0 Å². The quantitative estimate of drug-likeness (QED) is 0.695. The van der Waals surface area contributed by atoms with Gasteiger partial charge in [0.05, 0.1) is 0 Å². The topological polar surface area (TPSA) is 20.3 Å². The van der Waals surface area contributed by atoms with Crippen LogP contribution >= 0.6 is 0 Å². The van der Waals surface area contributed by atoms with Crippen LogP contribution in [0.1, 0.15) is 55.8 Å². The summed E-state index contributed by atoms with van der Waals surface area (Å²) >= 11 is 0. The number of hydrogen-bond donors (Lipinski definition) is 0. The van der Waals surface area contributed by atoms with Crippen molar-refractivity contribution in [3.05, 3.63) is 35.9 Å². The number of hydrogen-bond acceptors (Lipinski definition) is 2. The Labute approximate surface area is 123 Å². The van der Waals surface area contributed by atoms with Gasteiger partial charge < -0.3 is 4.90 Å². The first kappa shape index (κ1) is 15.2. The van der Waals surface area contributed by atoms with Crippen LogP contribution in [0.3, 0.4) is 0 Å². The number of unbranched alkanes of at least 4 members (excludes halogenated alkanes) is 1. The molecule has 0 amide bonds. The number of carbonyl (C=O) groups is 1. The van der Waals surface area contributed by atoms with Gasteiger partial charge in [0.2, 0.25) is 0 Å². The summed E-state index contributed by atoms with van der Waals surface area (Å²) in [5, 5.41) is 0. The Balaban J connectivity index is 2.00. The zero-order valence-corrected chi connectivity index (χ0v) is 12.7. The Morgan fingerprint density at radius 2 is 1.85 bits per heavy atom. The summed E-state index contributed by atoms with van der Waals surface area (Å²) < 4.78 is 0. The Morgan fingerprint density at radius 3 is 2.50 bits per heavy atom. The van der Waals surface area contributed by atoms with Gasteiger partial charge >= 0.3 is 0 Å². The maximum atomic E-state index is 12.7. The highest BCUT2D eigenvalue weighted by Gasteiger charge is 2.23. The highest BCUT2D eigenvalue weighted by molar-refractivity contribution is 5.97. The van der Waals surface area contributed by atoms with Crippen LogP contribution in [-0.2, 0) is 0 Å². The number of likely N-dealkylation sites (tertiary alicyclic amines) is 1. The number of piperidine rings is 1. The number of ketones is 1.